The van der Waals surface area contributed by atoms with Gasteiger partial charge in [0.25, 0.3) is 0 Å². The number of hydrogen-bond acceptors (Lipinski definition) is 4. The molecule has 4 nitrogen and oxygen atoms in total. The number of carbonyl (C=O) groups is 1. The smallest absolute Gasteiger partial charge is 0.309 e. The van der Waals surface area contributed by atoms with Crippen LogP contribution in [0.25, 0.3) is 0 Å². The van der Waals surface area contributed by atoms with Crippen molar-refractivity contribution >= 4 is 5.97 Å². The monoisotopic (exact) mass is 445 g/mol. The van der Waals surface area contributed by atoms with E-state index in [1.165, 1.54) is 69.8 Å². The van der Waals surface area contributed by atoms with E-state index >= 15 is 0 Å². The number of piperidine rings is 1. The van der Waals surface area contributed by atoms with Crippen molar-refractivity contribution < 1.29 is 14.3 Å². The van der Waals surface area contributed by atoms with Gasteiger partial charge in [0.2, 0.25) is 0 Å². The van der Waals surface area contributed by atoms with Crippen molar-refractivity contribution in [3.8, 4) is 5.75 Å². The number of nitrogens with one attached hydrogen (secondary N) is 1. The highest BCUT2D eigenvalue weighted by molar-refractivity contribution is 5.72. The molecule has 0 spiro atoms. The highest BCUT2D eigenvalue weighted by Gasteiger charge is 2.24. The van der Waals surface area contributed by atoms with E-state index in [2.05, 4.69) is 24.4 Å². The normalized spacial score (nSPS) is 15.4. The zero-order valence-electron chi connectivity index (χ0n) is 20.7. The first-order chi connectivity index (χ1) is 15.7. The number of ether oxygens (including phenoxy) is 2. The molecule has 1 fully saturated rings. The second kappa shape index (κ2) is 17.0. The molecule has 32 heavy (non-hydrogen) atoms. The molecule has 0 saturated carbocycles. The molecular weight excluding hydrogens is 398 g/mol. The van der Waals surface area contributed by atoms with Crippen LogP contribution < -0.4 is 10.1 Å². The lowest BCUT2D eigenvalue weighted by molar-refractivity contribution is -0.156. The zero-order chi connectivity index (χ0) is 22.9. The van der Waals surface area contributed by atoms with Crippen LogP contribution >= 0.6 is 0 Å². The Morgan fingerprint density at radius 1 is 0.906 bits per heavy atom. The van der Waals surface area contributed by atoms with E-state index in [0.717, 1.165) is 44.5 Å². The third-order valence-corrected chi connectivity index (χ3v) is 6.59. The van der Waals surface area contributed by atoms with E-state index in [1.807, 2.05) is 19.1 Å². The predicted molar refractivity (Wildman–Crippen MR) is 133 cm³/mol. The van der Waals surface area contributed by atoms with Crippen LogP contribution in [0.15, 0.2) is 24.3 Å². The van der Waals surface area contributed by atoms with Crippen LogP contribution in [0, 0.1) is 5.92 Å². The molecule has 0 aliphatic carbocycles. The molecule has 1 aromatic rings. The Morgan fingerprint density at radius 3 is 2.09 bits per heavy atom. The van der Waals surface area contributed by atoms with Crippen LogP contribution in [0.3, 0.4) is 0 Å². The first-order valence-corrected chi connectivity index (χ1v) is 13.4. The van der Waals surface area contributed by atoms with Crippen LogP contribution in [-0.4, -0.2) is 31.8 Å². The third kappa shape index (κ3) is 11.4. The Balaban J connectivity index is 1.56. The van der Waals surface area contributed by atoms with Crippen LogP contribution in [0.5, 0.6) is 5.75 Å². The van der Waals surface area contributed by atoms with Gasteiger partial charge in [-0.15, -0.1) is 0 Å². The summed E-state index contributed by atoms with van der Waals surface area (Å²) in [4.78, 5) is 12.4. The van der Waals surface area contributed by atoms with E-state index in [-0.39, 0.29) is 18.0 Å². The standard InChI is InChI=1S/C28H47NO3/c1-3-5-6-7-8-9-10-11-12-13-14-24-15-17-27(18-16-24)31-23-26(4-2)32-28(30)25-19-21-29-22-20-25/h15-18,25-26,29H,3-14,19-23H2,1-2H3. The molecule has 1 aromatic carbocycles. The summed E-state index contributed by atoms with van der Waals surface area (Å²) in [6.45, 7) is 6.54. The summed E-state index contributed by atoms with van der Waals surface area (Å²) in [6, 6.07) is 8.44. The molecule has 1 N–H and O–H groups in total. The van der Waals surface area contributed by atoms with Gasteiger partial charge in [0.05, 0.1) is 5.92 Å². The quantitative estimate of drug-likeness (QED) is 0.210. The SMILES string of the molecule is CCCCCCCCCCCCc1ccc(OCC(CC)OC(=O)C2CCNCC2)cc1. The second-order valence-corrected chi connectivity index (χ2v) is 9.38. The van der Waals surface area contributed by atoms with Gasteiger partial charge >= 0.3 is 5.97 Å². The van der Waals surface area contributed by atoms with Gasteiger partial charge in [0, 0.05) is 0 Å². The maximum Gasteiger partial charge on any atom is 0.309 e. The molecule has 1 saturated heterocycles. The number of rotatable bonds is 17. The van der Waals surface area contributed by atoms with Crippen molar-refractivity contribution in [2.45, 2.75) is 110 Å². The number of aryl methyl sites for hydroxylation is 1. The van der Waals surface area contributed by atoms with E-state index in [9.17, 15) is 4.79 Å². The maximum atomic E-state index is 12.4. The Hall–Kier alpha value is -1.55. The van der Waals surface area contributed by atoms with Crippen molar-refractivity contribution in [1.82, 2.24) is 5.32 Å². The summed E-state index contributed by atoms with van der Waals surface area (Å²) in [5, 5.41) is 3.29. The summed E-state index contributed by atoms with van der Waals surface area (Å²) in [5.41, 5.74) is 1.38. The lowest BCUT2D eigenvalue weighted by atomic mass is 9.98. The summed E-state index contributed by atoms with van der Waals surface area (Å²) < 4.78 is 11.6. The van der Waals surface area contributed by atoms with Gasteiger partial charge in [-0.2, -0.15) is 0 Å². The van der Waals surface area contributed by atoms with Crippen LogP contribution in [0.2, 0.25) is 0 Å². The van der Waals surface area contributed by atoms with Gasteiger partial charge in [-0.3, -0.25) is 4.79 Å². The van der Waals surface area contributed by atoms with Gasteiger partial charge in [-0.25, -0.2) is 0 Å². The molecule has 182 valence electrons. The molecule has 1 aliphatic heterocycles. The molecule has 1 unspecified atom stereocenters. The fraction of sp³-hybridized carbons (Fsp3) is 0.750. The van der Waals surface area contributed by atoms with Gasteiger partial charge in [0.15, 0.2) is 0 Å². The Bertz CT molecular complexity index is 595. The number of esters is 1. The topological polar surface area (TPSA) is 47.6 Å². The van der Waals surface area contributed by atoms with Gasteiger partial charge < -0.3 is 14.8 Å². The average Bonchev–Trinajstić information content (AvgIpc) is 2.84. The molecule has 0 amide bonds. The largest absolute Gasteiger partial charge is 0.490 e. The van der Waals surface area contributed by atoms with E-state index < -0.39 is 0 Å². The van der Waals surface area contributed by atoms with Crippen molar-refractivity contribution in [3.63, 3.8) is 0 Å². The fourth-order valence-electron chi connectivity index (χ4n) is 4.31. The summed E-state index contributed by atoms with van der Waals surface area (Å²) >= 11 is 0. The van der Waals surface area contributed by atoms with E-state index in [4.69, 9.17) is 9.47 Å². The number of carbonyl (C=O) groups excluding carboxylic acids is 1. The molecule has 1 heterocycles. The zero-order valence-corrected chi connectivity index (χ0v) is 20.7. The molecule has 0 radical (unpaired) electrons. The van der Waals surface area contributed by atoms with Gasteiger partial charge in [0.1, 0.15) is 18.5 Å². The minimum atomic E-state index is -0.177. The van der Waals surface area contributed by atoms with Gasteiger partial charge in [-0.05, 0) is 62.9 Å². The highest BCUT2D eigenvalue weighted by atomic mass is 16.6. The summed E-state index contributed by atoms with van der Waals surface area (Å²) in [7, 11) is 0. The maximum absolute atomic E-state index is 12.4. The Labute approximate surface area is 196 Å². The Morgan fingerprint density at radius 2 is 1.50 bits per heavy atom. The number of benzene rings is 1. The summed E-state index contributed by atoms with van der Waals surface area (Å²) in [5.74, 6) is 0.831. The van der Waals surface area contributed by atoms with Crippen molar-refractivity contribution in [1.29, 1.82) is 0 Å². The molecule has 4 heteroatoms. The third-order valence-electron chi connectivity index (χ3n) is 6.59. The Kier molecular flexibility index (Phi) is 14.2. The minimum Gasteiger partial charge on any atom is -0.490 e. The van der Waals surface area contributed by atoms with E-state index in [0.29, 0.717) is 6.61 Å². The first-order valence-electron chi connectivity index (χ1n) is 13.4. The van der Waals surface area contributed by atoms with Gasteiger partial charge in [-0.1, -0.05) is 83.8 Å². The molecule has 1 atom stereocenters. The minimum absolute atomic E-state index is 0.0374. The highest BCUT2D eigenvalue weighted by Crippen LogP contribution is 2.18. The predicted octanol–water partition coefficient (Wildman–Crippen LogP) is 6.85. The molecule has 0 bridgehead atoms. The number of hydrogen-bond donors (Lipinski definition) is 1. The summed E-state index contributed by atoms with van der Waals surface area (Å²) in [6.07, 6.45) is 17.2. The lowest BCUT2D eigenvalue weighted by Crippen LogP contribution is -2.35. The van der Waals surface area contributed by atoms with Crippen LogP contribution in [0.1, 0.15) is 103 Å². The van der Waals surface area contributed by atoms with Crippen molar-refractivity contribution in [3.05, 3.63) is 29.8 Å². The average molecular weight is 446 g/mol. The second-order valence-electron chi connectivity index (χ2n) is 9.38. The fourth-order valence-corrected chi connectivity index (χ4v) is 4.31. The molecule has 1 aliphatic rings. The van der Waals surface area contributed by atoms with Crippen LogP contribution in [-0.2, 0) is 16.0 Å². The molecular formula is C28H47NO3. The van der Waals surface area contributed by atoms with Crippen molar-refractivity contribution in [2.24, 2.45) is 5.92 Å². The lowest BCUT2D eigenvalue weighted by Gasteiger charge is -2.24. The molecule has 0 aromatic heterocycles. The molecule has 2 rings (SSSR count). The van der Waals surface area contributed by atoms with E-state index in [1.54, 1.807) is 0 Å². The van der Waals surface area contributed by atoms with Crippen molar-refractivity contribution in [2.75, 3.05) is 19.7 Å². The first kappa shape index (κ1) is 26.7. The number of unbranched alkanes of at least 4 members (excludes halogenated alkanes) is 9. The van der Waals surface area contributed by atoms with Crippen LogP contribution in [0.4, 0.5) is 0 Å².